The van der Waals surface area contributed by atoms with Crippen LogP contribution >= 0.6 is 0 Å². The number of hydrogen-bond acceptors (Lipinski definition) is 7. The molecule has 1 aromatic heterocycles. The standard InChI is InChI=1S/C28H28N4O5/c1-32(2)15-16-37-31-26(33)19-9-12-21(13-10-19)29-25(18-7-5-4-6-8-18)24-22-14-11-20(28(35)36-3)17-23(22)30-27(24)34/h4-14,17,30,34H,15-16H2,1-3H3,(H,31,33). The number of methoxy groups -OCH3 is 1. The lowest BCUT2D eigenvalue weighted by Gasteiger charge is -2.10. The Hall–Kier alpha value is -4.47. The number of carbonyl (C=O) groups is 2. The highest BCUT2D eigenvalue weighted by Gasteiger charge is 2.20. The van der Waals surface area contributed by atoms with Crippen molar-refractivity contribution in [3.63, 3.8) is 0 Å². The smallest absolute Gasteiger partial charge is 0.337 e. The van der Waals surface area contributed by atoms with E-state index in [2.05, 4.69) is 10.5 Å². The van der Waals surface area contributed by atoms with Crippen LogP contribution in [0.1, 0.15) is 31.8 Å². The van der Waals surface area contributed by atoms with Crippen molar-refractivity contribution >= 4 is 34.2 Å². The molecule has 0 atom stereocenters. The van der Waals surface area contributed by atoms with Crippen LogP contribution in [0.2, 0.25) is 0 Å². The third kappa shape index (κ3) is 6.03. The number of H-pyrrole nitrogens is 1. The van der Waals surface area contributed by atoms with Crippen molar-refractivity contribution in [2.75, 3.05) is 34.4 Å². The van der Waals surface area contributed by atoms with Crippen molar-refractivity contribution in [3.8, 4) is 5.88 Å². The van der Waals surface area contributed by atoms with Crippen LogP contribution < -0.4 is 5.48 Å². The van der Waals surface area contributed by atoms with Gasteiger partial charge in [0.2, 0.25) is 0 Å². The zero-order chi connectivity index (χ0) is 26.4. The van der Waals surface area contributed by atoms with Crippen molar-refractivity contribution < 1.29 is 24.3 Å². The van der Waals surface area contributed by atoms with E-state index in [4.69, 9.17) is 14.6 Å². The lowest BCUT2D eigenvalue weighted by atomic mass is 10.00. The molecule has 0 saturated carbocycles. The van der Waals surface area contributed by atoms with E-state index in [9.17, 15) is 14.7 Å². The first kappa shape index (κ1) is 25.6. The average Bonchev–Trinajstić information content (AvgIpc) is 3.24. The number of benzene rings is 3. The van der Waals surface area contributed by atoms with Gasteiger partial charge < -0.3 is 19.7 Å². The van der Waals surface area contributed by atoms with Gasteiger partial charge in [0.15, 0.2) is 5.88 Å². The van der Waals surface area contributed by atoms with Crippen LogP contribution in [0.25, 0.3) is 10.9 Å². The monoisotopic (exact) mass is 500 g/mol. The molecule has 0 bridgehead atoms. The Morgan fingerprint density at radius 3 is 2.35 bits per heavy atom. The second-order valence-corrected chi connectivity index (χ2v) is 8.56. The molecule has 37 heavy (non-hydrogen) atoms. The van der Waals surface area contributed by atoms with Crippen molar-refractivity contribution in [2.24, 2.45) is 4.99 Å². The number of carbonyl (C=O) groups excluding carboxylic acids is 2. The summed E-state index contributed by atoms with van der Waals surface area (Å²) in [4.78, 5) is 39.3. The number of rotatable bonds is 9. The number of hydroxylamine groups is 1. The molecule has 0 aliphatic rings. The minimum atomic E-state index is -0.471. The third-order valence-electron chi connectivity index (χ3n) is 5.66. The van der Waals surface area contributed by atoms with Gasteiger partial charge in [-0.2, -0.15) is 0 Å². The largest absolute Gasteiger partial charge is 0.494 e. The number of amides is 1. The Labute approximate surface area is 214 Å². The molecule has 0 unspecified atom stereocenters. The molecule has 0 aliphatic carbocycles. The fraction of sp³-hybridized carbons (Fsp3) is 0.179. The van der Waals surface area contributed by atoms with Crippen LogP contribution in [0.5, 0.6) is 5.88 Å². The zero-order valence-electron chi connectivity index (χ0n) is 20.8. The molecule has 1 heterocycles. The summed E-state index contributed by atoms with van der Waals surface area (Å²) < 4.78 is 4.80. The second kappa shape index (κ2) is 11.5. The highest BCUT2D eigenvalue weighted by Crippen LogP contribution is 2.32. The molecule has 0 radical (unpaired) electrons. The van der Waals surface area contributed by atoms with E-state index in [1.165, 1.54) is 7.11 Å². The maximum absolute atomic E-state index is 12.4. The number of hydrogen-bond donors (Lipinski definition) is 3. The highest BCUT2D eigenvalue weighted by atomic mass is 16.7. The Morgan fingerprint density at radius 2 is 1.68 bits per heavy atom. The summed E-state index contributed by atoms with van der Waals surface area (Å²) in [5.74, 6) is -0.902. The average molecular weight is 501 g/mol. The molecule has 4 aromatic rings. The molecular weight excluding hydrogens is 472 g/mol. The van der Waals surface area contributed by atoms with Crippen LogP contribution in [-0.4, -0.2) is 66.9 Å². The van der Waals surface area contributed by atoms with Crippen molar-refractivity contribution in [1.82, 2.24) is 15.4 Å². The van der Waals surface area contributed by atoms with Crippen LogP contribution in [0.3, 0.4) is 0 Å². The van der Waals surface area contributed by atoms with Crippen LogP contribution in [-0.2, 0) is 9.57 Å². The number of aromatic nitrogens is 1. The molecule has 9 nitrogen and oxygen atoms in total. The molecule has 1 amide bonds. The topological polar surface area (TPSA) is 116 Å². The Kier molecular flexibility index (Phi) is 7.97. The summed E-state index contributed by atoms with van der Waals surface area (Å²) in [5, 5.41) is 11.6. The fourth-order valence-corrected chi connectivity index (χ4v) is 3.75. The molecule has 3 aromatic carbocycles. The van der Waals surface area contributed by atoms with Gasteiger partial charge >= 0.3 is 5.97 Å². The van der Waals surface area contributed by atoms with Crippen molar-refractivity contribution in [3.05, 3.63) is 95.1 Å². The van der Waals surface area contributed by atoms with Crippen LogP contribution in [0.4, 0.5) is 5.69 Å². The van der Waals surface area contributed by atoms with Gasteiger partial charge in [0.25, 0.3) is 5.91 Å². The summed E-state index contributed by atoms with van der Waals surface area (Å²) in [6.07, 6.45) is 0. The molecule has 3 N–H and O–H groups in total. The quantitative estimate of drug-likeness (QED) is 0.138. The van der Waals surface area contributed by atoms with E-state index in [-0.39, 0.29) is 11.8 Å². The van der Waals surface area contributed by atoms with E-state index in [1.807, 2.05) is 49.3 Å². The Balaban J connectivity index is 1.67. The van der Waals surface area contributed by atoms with E-state index < -0.39 is 5.97 Å². The van der Waals surface area contributed by atoms with E-state index >= 15 is 0 Å². The maximum Gasteiger partial charge on any atom is 0.337 e. The molecule has 0 saturated heterocycles. The van der Waals surface area contributed by atoms with Crippen molar-refractivity contribution in [2.45, 2.75) is 0 Å². The van der Waals surface area contributed by atoms with Gasteiger partial charge in [0, 0.05) is 28.6 Å². The maximum atomic E-state index is 12.4. The first-order valence-corrected chi connectivity index (χ1v) is 11.6. The number of aliphatic imine (C=N–C) groups is 1. The van der Waals surface area contributed by atoms with Gasteiger partial charge in [-0.05, 0) is 50.5 Å². The summed E-state index contributed by atoms with van der Waals surface area (Å²) in [6.45, 7) is 1.05. The number of nitrogens with one attached hydrogen (secondary N) is 2. The molecule has 190 valence electrons. The fourth-order valence-electron chi connectivity index (χ4n) is 3.75. The number of fused-ring (bicyclic) bond motifs is 1. The number of aromatic hydroxyl groups is 1. The van der Waals surface area contributed by atoms with Crippen molar-refractivity contribution in [1.29, 1.82) is 0 Å². The molecular formula is C28H28N4O5. The predicted octanol–water partition coefficient (Wildman–Crippen LogP) is 4.05. The number of nitrogens with zero attached hydrogens (tertiary/aromatic N) is 2. The van der Waals surface area contributed by atoms with E-state index in [1.54, 1.807) is 42.5 Å². The van der Waals surface area contributed by atoms with E-state index in [0.717, 1.165) is 5.56 Å². The van der Waals surface area contributed by atoms with Gasteiger partial charge in [-0.25, -0.2) is 15.3 Å². The normalized spacial score (nSPS) is 11.6. The number of aromatic amines is 1. The van der Waals surface area contributed by atoms with Gasteiger partial charge in [0.1, 0.15) is 0 Å². The van der Waals surface area contributed by atoms with Gasteiger partial charge in [-0.3, -0.25) is 9.63 Å². The van der Waals surface area contributed by atoms with Gasteiger partial charge in [0.05, 0.1) is 36.2 Å². The highest BCUT2D eigenvalue weighted by molar-refractivity contribution is 6.22. The number of esters is 1. The number of ether oxygens (including phenoxy) is 1. The Bertz CT molecular complexity index is 1430. The lowest BCUT2D eigenvalue weighted by Crippen LogP contribution is -2.28. The third-order valence-corrected chi connectivity index (χ3v) is 5.66. The zero-order valence-corrected chi connectivity index (χ0v) is 20.8. The molecule has 0 aliphatic heterocycles. The SMILES string of the molecule is COC(=O)c1ccc2c(C(=Nc3ccc(C(=O)NOCCN(C)C)cc3)c3ccccc3)c(O)[nH]c2c1. The summed E-state index contributed by atoms with van der Waals surface area (Å²) >= 11 is 0. The minimum absolute atomic E-state index is 0.0783. The van der Waals surface area contributed by atoms with E-state index in [0.29, 0.717) is 52.1 Å². The summed E-state index contributed by atoms with van der Waals surface area (Å²) in [6, 6.07) is 21.2. The van der Waals surface area contributed by atoms with Gasteiger partial charge in [-0.1, -0.05) is 36.4 Å². The lowest BCUT2D eigenvalue weighted by molar-refractivity contribution is 0.0263. The summed E-state index contributed by atoms with van der Waals surface area (Å²) in [7, 11) is 5.16. The van der Waals surface area contributed by atoms with Crippen LogP contribution in [0.15, 0.2) is 77.8 Å². The molecule has 9 heteroatoms. The summed E-state index contributed by atoms with van der Waals surface area (Å²) in [5.41, 5.74) is 6.19. The molecule has 0 fully saturated rings. The second-order valence-electron chi connectivity index (χ2n) is 8.56. The molecule has 0 spiro atoms. The van der Waals surface area contributed by atoms with Gasteiger partial charge in [-0.15, -0.1) is 0 Å². The Morgan fingerprint density at radius 1 is 0.973 bits per heavy atom. The minimum Gasteiger partial charge on any atom is -0.494 e. The molecule has 4 rings (SSSR count). The predicted molar refractivity (Wildman–Crippen MR) is 141 cm³/mol. The number of likely N-dealkylation sites (N-methyl/N-ethyl adjacent to an activating group) is 1. The van der Waals surface area contributed by atoms with Crippen LogP contribution in [0, 0.1) is 0 Å². The first-order valence-electron chi connectivity index (χ1n) is 11.6. The first-order chi connectivity index (χ1) is 17.9.